The molecule has 22 heavy (non-hydrogen) atoms. The molecule has 0 saturated carbocycles. The van der Waals surface area contributed by atoms with Crippen molar-refractivity contribution in [2.45, 2.75) is 19.9 Å². The van der Waals surface area contributed by atoms with Crippen molar-refractivity contribution in [3.63, 3.8) is 0 Å². The standard InChI is InChI=1S/C14H19N3O4S/c1-8(2)16-14(22)17-15-7-9-5-6-10(20-3)12(21-4)11(9)13(18)19/h5-8H,1-4H3,(H,18,19)(H2,16,17,22)/b15-7-. The lowest BCUT2D eigenvalue weighted by Gasteiger charge is -2.12. The lowest BCUT2D eigenvalue weighted by Crippen LogP contribution is -2.36. The van der Waals surface area contributed by atoms with Gasteiger partial charge in [-0.15, -0.1) is 0 Å². The van der Waals surface area contributed by atoms with E-state index in [0.717, 1.165) is 0 Å². The van der Waals surface area contributed by atoms with Gasteiger partial charge in [-0.05, 0) is 38.2 Å². The van der Waals surface area contributed by atoms with E-state index >= 15 is 0 Å². The van der Waals surface area contributed by atoms with Gasteiger partial charge >= 0.3 is 5.97 Å². The summed E-state index contributed by atoms with van der Waals surface area (Å²) in [5, 5.41) is 16.6. The first kappa shape index (κ1) is 17.7. The van der Waals surface area contributed by atoms with Crippen molar-refractivity contribution in [2.75, 3.05) is 14.2 Å². The Labute approximate surface area is 134 Å². The van der Waals surface area contributed by atoms with Crippen LogP contribution in [0.1, 0.15) is 29.8 Å². The second-order valence-corrected chi connectivity index (χ2v) is 4.98. The van der Waals surface area contributed by atoms with Crippen LogP contribution in [-0.2, 0) is 0 Å². The first-order chi connectivity index (χ1) is 10.4. The predicted octanol–water partition coefficient (Wildman–Crippen LogP) is 1.61. The molecule has 1 aromatic carbocycles. The number of nitrogens with one attached hydrogen (secondary N) is 2. The monoisotopic (exact) mass is 325 g/mol. The first-order valence-corrected chi connectivity index (χ1v) is 6.89. The number of benzene rings is 1. The zero-order chi connectivity index (χ0) is 16.7. The number of carboxylic acids is 1. The Balaban J connectivity index is 3.04. The Morgan fingerprint density at radius 1 is 1.36 bits per heavy atom. The summed E-state index contributed by atoms with van der Waals surface area (Å²) in [6.45, 7) is 3.88. The predicted molar refractivity (Wildman–Crippen MR) is 88.1 cm³/mol. The van der Waals surface area contributed by atoms with E-state index in [1.807, 2.05) is 13.8 Å². The minimum Gasteiger partial charge on any atom is -0.493 e. The van der Waals surface area contributed by atoms with Gasteiger partial charge in [0, 0.05) is 11.6 Å². The van der Waals surface area contributed by atoms with Gasteiger partial charge in [0.1, 0.15) is 5.56 Å². The number of carbonyl (C=O) groups is 1. The maximum atomic E-state index is 11.5. The average molecular weight is 325 g/mol. The quantitative estimate of drug-likeness (QED) is 0.416. The van der Waals surface area contributed by atoms with Crippen LogP contribution in [-0.4, -0.2) is 42.7 Å². The molecular formula is C14H19N3O4S. The summed E-state index contributed by atoms with van der Waals surface area (Å²) in [4.78, 5) is 11.5. The van der Waals surface area contributed by atoms with Crippen LogP contribution in [0.25, 0.3) is 0 Å². The molecule has 0 spiro atoms. The van der Waals surface area contributed by atoms with E-state index < -0.39 is 5.97 Å². The molecule has 1 rings (SSSR count). The van der Waals surface area contributed by atoms with Crippen molar-refractivity contribution >= 4 is 29.5 Å². The highest BCUT2D eigenvalue weighted by atomic mass is 32.1. The normalized spacial score (nSPS) is 10.6. The van der Waals surface area contributed by atoms with E-state index in [1.54, 1.807) is 12.1 Å². The van der Waals surface area contributed by atoms with Crippen LogP contribution < -0.4 is 20.2 Å². The highest BCUT2D eigenvalue weighted by molar-refractivity contribution is 7.80. The molecule has 0 unspecified atom stereocenters. The summed E-state index contributed by atoms with van der Waals surface area (Å²) in [6.07, 6.45) is 1.36. The third-order valence-corrected chi connectivity index (χ3v) is 2.79. The van der Waals surface area contributed by atoms with Crippen molar-refractivity contribution in [2.24, 2.45) is 5.10 Å². The fourth-order valence-corrected chi connectivity index (χ4v) is 2.01. The van der Waals surface area contributed by atoms with Gasteiger partial charge in [0.05, 0.1) is 20.4 Å². The van der Waals surface area contributed by atoms with E-state index in [2.05, 4.69) is 15.8 Å². The molecule has 7 nitrogen and oxygen atoms in total. The van der Waals surface area contributed by atoms with Gasteiger partial charge in [0.15, 0.2) is 16.6 Å². The molecule has 0 amide bonds. The molecule has 0 aliphatic rings. The van der Waals surface area contributed by atoms with E-state index in [1.165, 1.54) is 20.4 Å². The van der Waals surface area contributed by atoms with E-state index in [9.17, 15) is 9.90 Å². The summed E-state index contributed by atoms with van der Waals surface area (Å²) in [6, 6.07) is 3.36. The van der Waals surface area contributed by atoms with Crippen molar-refractivity contribution in [3.05, 3.63) is 23.3 Å². The highest BCUT2D eigenvalue weighted by Crippen LogP contribution is 2.32. The largest absolute Gasteiger partial charge is 0.493 e. The number of ether oxygens (including phenoxy) is 2. The molecule has 0 saturated heterocycles. The summed E-state index contributed by atoms with van der Waals surface area (Å²) < 4.78 is 10.2. The molecule has 0 radical (unpaired) electrons. The molecule has 0 heterocycles. The molecule has 120 valence electrons. The summed E-state index contributed by atoms with van der Waals surface area (Å²) in [5.74, 6) is -0.663. The Bertz CT molecular complexity index is 588. The number of rotatable bonds is 6. The smallest absolute Gasteiger partial charge is 0.340 e. The number of nitrogens with zero attached hydrogens (tertiary/aromatic N) is 1. The van der Waals surface area contributed by atoms with Gasteiger partial charge in [-0.25, -0.2) is 4.79 Å². The molecule has 0 bridgehead atoms. The summed E-state index contributed by atoms with van der Waals surface area (Å²) in [7, 11) is 2.82. The fraction of sp³-hybridized carbons (Fsp3) is 0.357. The first-order valence-electron chi connectivity index (χ1n) is 6.48. The van der Waals surface area contributed by atoms with Gasteiger partial charge in [0.25, 0.3) is 0 Å². The number of methoxy groups -OCH3 is 2. The number of hydrogen-bond acceptors (Lipinski definition) is 5. The van der Waals surface area contributed by atoms with Crippen LogP contribution in [0.3, 0.4) is 0 Å². The summed E-state index contributed by atoms with van der Waals surface area (Å²) >= 11 is 5.02. The number of hydrazone groups is 1. The Morgan fingerprint density at radius 3 is 2.55 bits per heavy atom. The molecular weight excluding hydrogens is 306 g/mol. The summed E-state index contributed by atoms with van der Waals surface area (Å²) in [5.41, 5.74) is 2.95. The molecule has 0 atom stereocenters. The molecule has 1 aromatic rings. The van der Waals surface area contributed by atoms with Crippen molar-refractivity contribution < 1.29 is 19.4 Å². The van der Waals surface area contributed by atoms with Gasteiger partial charge in [-0.1, -0.05) is 0 Å². The van der Waals surface area contributed by atoms with Crippen molar-refractivity contribution in [3.8, 4) is 11.5 Å². The van der Waals surface area contributed by atoms with Gasteiger partial charge < -0.3 is 19.9 Å². The van der Waals surface area contributed by atoms with E-state index in [4.69, 9.17) is 21.7 Å². The highest BCUT2D eigenvalue weighted by Gasteiger charge is 2.19. The van der Waals surface area contributed by atoms with Gasteiger partial charge in [-0.3, -0.25) is 5.43 Å². The Morgan fingerprint density at radius 2 is 2.05 bits per heavy atom. The second kappa shape index (κ2) is 8.18. The Hall–Kier alpha value is -2.35. The maximum Gasteiger partial charge on any atom is 0.340 e. The SMILES string of the molecule is COc1ccc(/C=N\NC(=S)NC(C)C)c(C(=O)O)c1OC. The zero-order valence-electron chi connectivity index (χ0n) is 12.8. The lowest BCUT2D eigenvalue weighted by atomic mass is 10.1. The molecule has 8 heteroatoms. The molecule has 3 N–H and O–H groups in total. The van der Waals surface area contributed by atoms with Gasteiger partial charge in [0.2, 0.25) is 0 Å². The fourth-order valence-electron chi connectivity index (χ4n) is 1.73. The number of thiocarbonyl (C=S) groups is 1. The van der Waals surface area contributed by atoms with Gasteiger partial charge in [-0.2, -0.15) is 5.10 Å². The van der Waals surface area contributed by atoms with Crippen molar-refractivity contribution in [1.82, 2.24) is 10.7 Å². The van der Waals surface area contributed by atoms with Crippen LogP contribution in [0, 0.1) is 0 Å². The minimum absolute atomic E-state index is 0.0323. The topological polar surface area (TPSA) is 92.2 Å². The second-order valence-electron chi connectivity index (χ2n) is 4.57. The third-order valence-electron chi connectivity index (χ3n) is 2.58. The molecule has 0 aliphatic carbocycles. The van der Waals surface area contributed by atoms with E-state index in [0.29, 0.717) is 16.4 Å². The lowest BCUT2D eigenvalue weighted by molar-refractivity contribution is 0.0692. The average Bonchev–Trinajstić information content (AvgIpc) is 2.45. The molecule has 0 aliphatic heterocycles. The molecule has 0 fully saturated rings. The van der Waals surface area contributed by atoms with Crippen LogP contribution >= 0.6 is 12.2 Å². The molecule has 0 aromatic heterocycles. The number of carboxylic acid groups (broad SMARTS) is 1. The number of aromatic carboxylic acids is 1. The number of hydrogen-bond donors (Lipinski definition) is 3. The maximum absolute atomic E-state index is 11.5. The van der Waals surface area contributed by atoms with Crippen LogP contribution in [0.4, 0.5) is 0 Å². The zero-order valence-corrected chi connectivity index (χ0v) is 13.7. The van der Waals surface area contributed by atoms with Crippen LogP contribution in [0.5, 0.6) is 11.5 Å². The van der Waals surface area contributed by atoms with Crippen LogP contribution in [0.15, 0.2) is 17.2 Å². The minimum atomic E-state index is -1.14. The van der Waals surface area contributed by atoms with Crippen LogP contribution in [0.2, 0.25) is 0 Å². The third kappa shape index (κ3) is 4.59. The van der Waals surface area contributed by atoms with Crippen molar-refractivity contribution in [1.29, 1.82) is 0 Å². The van der Waals surface area contributed by atoms with E-state index in [-0.39, 0.29) is 17.4 Å². The Kier molecular flexibility index (Phi) is 6.58.